The highest BCUT2D eigenvalue weighted by molar-refractivity contribution is 5.89. The van der Waals surface area contributed by atoms with E-state index in [-0.39, 0.29) is 37.3 Å². The van der Waals surface area contributed by atoms with Gasteiger partial charge in [0.05, 0.1) is 12.1 Å². The summed E-state index contributed by atoms with van der Waals surface area (Å²) in [5.74, 6) is -0.710. The quantitative estimate of drug-likeness (QED) is 0.861. The van der Waals surface area contributed by atoms with Crippen LogP contribution in [0.15, 0.2) is 30.3 Å². The van der Waals surface area contributed by atoms with Gasteiger partial charge in [-0.2, -0.15) is 0 Å². The lowest BCUT2D eigenvalue weighted by Crippen LogP contribution is -2.43. The van der Waals surface area contributed by atoms with E-state index < -0.39 is 11.6 Å². The van der Waals surface area contributed by atoms with Gasteiger partial charge in [0.2, 0.25) is 5.91 Å². The SMILES string of the molecule is O=C1C[C@@H](NC(=O)C2(F)CC2)C(c2ccccc2)N1. The molecule has 1 saturated heterocycles. The first-order valence-corrected chi connectivity index (χ1v) is 6.43. The van der Waals surface area contributed by atoms with Crippen LogP contribution in [0.3, 0.4) is 0 Å². The third-order valence-corrected chi connectivity index (χ3v) is 3.70. The smallest absolute Gasteiger partial charge is 0.257 e. The van der Waals surface area contributed by atoms with Crippen LogP contribution >= 0.6 is 0 Å². The zero-order chi connectivity index (χ0) is 13.5. The summed E-state index contributed by atoms with van der Waals surface area (Å²) >= 11 is 0. The van der Waals surface area contributed by atoms with E-state index in [2.05, 4.69) is 10.6 Å². The molecule has 2 aliphatic rings. The zero-order valence-electron chi connectivity index (χ0n) is 10.4. The second-order valence-electron chi connectivity index (χ2n) is 5.21. The molecule has 5 heteroatoms. The lowest BCUT2D eigenvalue weighted by molar-refractivity contribution is -0.128. The standard InChI is InChI=1S/C14H15FN2O2/c15-14(6-7-14)13(19)16-10-8-11(18)17-12(10)9-4-2-1-3-5-9/h1-5,10,12H,6-8H2,(H,16,19)(H,17,18)/t10-,12?/m1/s1. The number of halogens is 1. The van der Waals surface area contributed by atoms with E-state index in [0.29, 0.717) is 0 Å². The maximum atomic E-state index is 13.7. The molecule has 1 aromatic rings. The topological polar surface area (TPSA) is 58.2 Å². The Bertz CT molecular complexity index is 513. The van der Waals surface area contributed by atoms with Crippen LogP contribution in [-0.4, -0.2) is 23.5 Å². The van der Waals surface area contributed by atoms with Crippen LogP contribution in [0.2, 0.25) is 0 Å². The van der Waals surface area contributed by atoms with Crippen molar-refractivity contribution in [3.63, 3.8) is 0 Å². The molecule has 19 heavy (non-hydrogen) atoms. The van der Waals surface area contributed by atoms with E-state index in [9.17, 15) is 14.0 Å². The van der Waals surface area contributed by atoms with Crippen LogP contribution in [-0.2, 0) is 9.59 Å². The molecule has 1 aliphatic heterocycles. The minimum atomic E-state index is -1.70. The van der Waals surface area contributed by atoms with Gasteiger partial charge in [-0.3, -0.25) is 9.59 Å². The number of carbonyl (C=O) groups excluding carboxylic acids is 2. The fraction of sp³-hybridized carbons (Fsp3) is 0.429. The van der Waals surface area contributed by atoms with Crippen molar-refractivity contribution >= 4 is 11.8 Å². The number of rotatable bonds is 3. The molecular weight excluding hydrogens is 247 g/mol. The van der Waals surface area contributed by atoms with E-state index in [1.54, 1.807) is 0 Å². The minimum absolute atomic E-state index is 0.122. The average molecular weight is 262 g/mol. The van der Waals surface area contributed by atoms with Crippen molar-refractivity contribution in [2.45, 2.75) is 37.0 Å². The summed E-state index contributed by atoms with van der Waals surface area (Å²) in [6, 6.07) is 8.74. The molecule has 2 N–H and O–H groups in total. The van der Waals surface area contributed by atoms with Gasteiger partial charge in [0.15, 0.2) is 5.67 Å². The molecule has 1 heterocycles. The molecule has 4 nitrogen and oxygen atoms in total. The van der Waals surface area contributed by atoms with Crippen LogP contribution in [0.5, 0.6) is 0 Å². The van der Waals surface area contributed by atoms with E-state index in [1.807, 2.05) is 30.3 Å². The Morgan fingerprint density at radius 2 is 2.00 bits per heavy atom. The lowest BCUT2D eigenvalue weighted by atomic mass is 10.0. The van der Waals surface area contributed by atoms with Gasteiger partial charge in [-0.15, -0.1) is 0 Å². The average Bonchev–Trinajstić information content (AvgIpc) is 3.05. The summed E-state index contributed by atoms with van der Waals surface area (Å²) in [5.41, 5.74) is -0.783. The van der Waals surface area contributed by atoms with E-state index >= 15 is 0 Å². The Morgan fingerprint density at radius 3 is 2.63 bits per heavy atom. The molecule has 0 spiro atoms. The number of amides is 2. The van der Waals surface area contributed by atoms with Gasteiger partial charge in [-0.1, -0.05) is 30.3 Å². The maximum Gasteiger partial charge on any atom is 0.257 e. The molecule has 1 saturated carbocycles. The first kappa shape index (κ1) is 12.1. The van der Waals surface area contributed by atoms with Gasteiger partial charge < -0.3 is 10.6 Å². The molecule has 0 radical (unpaired) electrons. The summed E-state index contributed by atoms with van der Waals surface area (Å²) in [7, 11) is 0. The van der Waals surface area contributed by atoms with E-state index in [1.165, 1.54) is 0 Å². The zero-order valence-corrected chi connectivity index (χ0v) is 10.4. The molecular formula is C14H15FN2O2. The number of nitrogens with one attached hydrogen (secondary N) is 2. The van der Waals surface area contributed by atoms with Crippen LogP contribution in [0.1, 0.15) is 30.9 Å². The number of benzene rings is 1. The van der Waals surface area contributed by atoms with Crippen LogP contribution < -0.4 is 10.6 Å². The maximum absolute atomic E-state index is 13.7. The predicted octanol–water partition coefficient (Wildman–Crippen LogP) is 1.23. The van der Waals surface area contributed by atoms with Crippen LogP contribution in [0, 0.1) is 0 Å². The Kier molecular flexibility index (Phi) is 2.77. The third kappa shape index (κ3) is 2.32. The number of alkyl halides is 1. The molecule has 0 aromatic heterocycles. The number of carbonyl (C=O) groups is 2. The normalized spacial score (nSPS) is 27.7. The minimum Gasteiger partial charge on any atom is -0.348 e. The largest absolute Gasteiger partial charge is 0.348 e. The summed E-state index contributed by atoms with van der Waals surface area (Å²) in [6.45, 7) is 0. The predicted molar refractivity (Wildman–Crippen MR) is 66.9 cm³/mol. The number of hydrogen-bond donors (Lipinski definition) is 2. The number of hydrogen-bond acceptors (Lipinski definition) is 2. The van der Waals surface area contributed by atoms with Gasteiger partial charge in [0, 0.05) is 6.42 Å². The molecule has 1 aliphatic carbocycles. The lowest BCUT2D eigenvalue weighted by Gasteiger charge is -2.21. The summed E-state index contributed by atoms with van der Waals surface area (Å²) in [6.07, 6.45) is 0.757. The second kappa shape index (κ2) is 4.33. The highest BCUT2D eigenvalue weighted by Crippen LogP contribution is 2.40. The van der Waals surface area contributed by atoms with Crippen molar-refractivity contribution in [2.75, 3.05) is 0 Å². The second-order valence-corrected chi connectivity index (χ2v) is 5.21. The summed E-state index contributed by atoms with van der Waals surface area (Å²) < 4.78 is 13.7. The van der Waals surface area contributed by atoms with Crippen molar-refractivity contribution in [3.8, 4) is 0 Å². The van der Waals surface area contributed by atoms with E-state index in [4.69, 9.17) is 0 Å². The van der Waals surface area contributed by atoms with Gasteiger partial charge in [0.1, 0.15) is 0 Å². The van der Waals surface area contributed by atoms with Gasteiger partial charge >= 0.3 is 0 Å². The molecule has 1 unspecified atom stereocenters. The third-order valence-electron chi connectivity index (χ3n) is 3.70. The molecule has 2 atom stereocenters. The van der Waals surface area contributed by atoms with Crippen molar-refractivity contribution in [1.29, 1.82) is 0 Å². The van der Waals surface area contributed by atoms with Crippen molar-refractivity contribution in [1.82, 2.24) is 10.6 Å². The van der Waals surface area contributed by atoms with Crippen LogP contribution in [0.4, 0.5) is 4.39 Å². The highest BCUT2D eigenvalue weighted by atomic mass is 19.1. The highest BCUT2D eigenvalue weighted by Gasteiger charge is 2.52. The van der Waals surface area contributed by atoms with Crippen molar-refractivity contribution in [3.05, 3.63) is 35.9 Å². The molecule has 0 bridgehead atoms. The Hall–Kier alpha value is -1.91. The van der Waals surface area contributed by atoms with E-state index in [0.717, 1.165) is 5.56 Å². The summed E-state index contributed by atoms with van der Waals surface area (Å²) in [4.78, 5) is 23.3. The van der Waals surface area contributed by atoms with Crippen molar-refractivity contribution in [2.24, 2.45) is 0 Å². The first-order valence-electron chi connectivity index (χ1n) is 6.43. The molecule has 3 rings (SSSR count). The molecule has 2 amide bonds. The first-order chi connectivity index (χ1) is 9.08. The Balaban J connectivity index is 1.75. The molecule has 100 valence electrons. The van der Waals surface area contributed by atoms with Crippen LogP contribution in [0.25, 0.3) is 0 Å². The fourth-order valence-corrected chi connectivity index (χ4v) is 2.40. The Morgan fingerprint density at radius 1 is 1.32 bits per heavy atom. The molecule has 2 fully saturated rings. The summed E-state index contributed by atoms with van der Waals surface area (Å²) in [5, 5.41) is 5.48. The van der Waals surface area contributed by atoms with Gasteiger partial charge in [-0.25, -0.2) is 4.39 Å². The van der Waals surface area contributed by atoms with Gasteiger partial charge in [0.25, 0.3) is 5.91 Å². The van der Waals surface area contributed by atoms with Gasteiger partial charge in [-0.05, 0) is 18.4 Å². The fourth-order valence-electron chi connectivity index (χ4n) is 2.40. The monoisotopic (exact) mass is 262 g/mol. The molecule has 1 aromatic carbocycles. The Labute approximate surface area is 110 Å². The van der Waals surface area contributed by atoms with Crippen molar-refractivity contribution < 1.29 is 14.0 Å².